The SMILES string of the molecule is CC(C)(C)c1ccc2c(c1)C(C)(C)c1cnc(-c3ccc4c5ccccc5n(-c5cccc(-c6ccccn6)c5)c4c3)n1-2. The van der Waals surface area contributed by atoms with E-state index in [0.29, 0.717) is 0 Å². The molecule has 0 atom stereocenters. The van der Waals surface area contributed by atoms with Gasteiger partial charge < -0.3 is 4.57 Å². The molecule has 0 radical (unpaired) electrons. The monoisotopic (exact) mass is 558 g/mol. The number of aromatic nitrogens is 4. The number of para-hydroxylation sites is 1. The zero-order valence-corrected chi connectivity index (χ0v) is 25.3. The van der Waals surface area contributed by atoms with Crippen LogP contribution in [0.1, 0.15) is 51.4 Å². The normalized spacial score (nSPS) is 13.9. The fraction of sp³-hybridized carbons (Fsp3) is 0.179. The van der Waals surface area contributed by atoms with E-state index in [2.05, 4.69) is 146 Å². The van der Waals surface area contributed by atoms with Crippen molar-refractivity contribution in [1.29, 1.82) is 0 Å². The van der Waals surface area contributed by atoms with E-state index in [1.165, 1.54) is 38.8 Å². The van der Waals surface area contributed by atoms with Crippen molar-refractivity contribution >= 4 is 21.8 Å². The van der Waals surface area contributed by atoms with E-state index in [0.717, 1.165) is 33.8 Å². The molecule has 4 aromatic carbocycles. The van der Waals surface area contributed by atoms with Gasteiger partial charge in [-0.25, -0.2) is 4.98 Å². The van der Waals surface area contributed by atoms with Gasteiger partial charge in [-0.05, 0) is 59.0 Å². The quantitative estimate of drug-likeness (QED) is 0.216. The van der Waals surface area contributed by atoms with Crippen molar-refractivity contribution in [2.24, 2.45) is 0 Å². The Balaban J connectivity index is 1.34. The van der Waals surface area contributed by atoms with Crippen LogP contribution in [0.5, 0.6) is 0 Å². The lowest BCUT2D eigenvalue weighted by atomic mass is 9.79. The van der Waals surface area contributed by atoms with Gasteiger partial charge in [-0.2, -0.15) is 0 Å². The molecule has 4 nitrogen and oxygen atoms in total. The van der Waals surface area contributed by atoms with Gasteiger partial charge in [-0.1, -0.05) is 95.3 Å². The molecule has 0 unspecified atom stereocenters. The summed E-state index contributed by atoms with van der Waals surface area (Å²) in [4.78, 5) is 9.64. The average molecular weight is 559 g/mol. The van der Waals surface area contributed by atoms with Crippen molar-refractivity contribution in [3.05, 3.63) is 132 Å². The number of imidazole rings is 1. The molecule has 0 N–H and O–H groups in total. The number of hydrogen-bond acceptors (Lipinski definition) is 2. The minimum absolute atomic E-state index is 0.0930. The van der Waals surface area contributed by atoms with Crippen LogP contribution in [0, 0.1) is 0 Å². The van der Waals surface area contributed by atoms with Crippen molar-refractivity contribution < 1.29 is 0 Å². The Bertz CT molecular complexity index is 2190. The topological polar surface area (TPSA) is 35.6 Å². The first-order valence-electron chi connectivity index (χ1n) is 15.0. The van der Waals surface area contributed by atoms with Gasteiger partial charge in [0.25, 0.3) is 0 Å². The van der Waals surface area contributed by atoms with Crippen LogP contribution in [-0.4, -0.2) is 19.1 Å². The van der Waals surface area contributed by atoms with Gasteiger partial charge in [0, 0.05) is 39.2 Å². The van der Waals surface area contributed by atoms with E-state index < -0.39 is 0 Å². The summed E-state index contributed by atoms with van der Waals surface area (Å²) < 4.78 is 4.75. The highest BCUT2D eigenvalue weighted by Crippen LogP contribution is 2.47. The summed E-state index contributed by atoms with van der Waals surface area (Å²) in [6.07, 6.45) is 3.92. The van der Waals surface area contributed by atoms with Gasteiger partial charge in [0.15, 0.2) is 0 Å². The summed E-state index contributed by atoms with van der Waals surface area (Å²) in [7, 11) is 0. The summed E-state index contributed by atoms with van der Waals surface area (Å²) in [6.45, 7) is 11.5. The van der Waals surface area contributed by atoms with Crippen LogP contribution in [0.4, 0.5) is 0 Å². The molecule has 0 spiro atoms. The highest BCUT2D eigenvalue weighted by atomic mass is 15.1. The maximum absolute atomic E-state index is 5.04. The van der Waals surface area contributed by atoms with Crippen LogP contribution < -0.4 is 0 Å². The fourth-order valence-corrected chi connectivity index (χ4v) is 6.80. The molecule has 7 aromatic rings. The van der Waals surface area contributed by atoms with Crippen molar-refractivity contribution in [3.63, 3.8) is 0 Å². The highest BCUT2D eigenvalue weighted by molar-refractivity contribution is 6.10. The molecular formula is C39H34N4. The van der Waals surface area contributed by atoms with Crippen LogP contribution in [0.2, 0.25) is 0 Å². The zero-order valence-electron chi connectivity index (χ0n) is 25.3. The molecule has 0 saturated carbocycles. The molecule has 210 valence electrons. The Labute approximate surface area is 252 Å². The third kappa shape index (κ3) is 3.82. The van der Waals surface area contributed by atoms with E-state index in [-0.39, 0.29) is 10.8 Å². The van der Waals surface area contributed by atoms with Gasteiger partial charge in [-0.15, -0.1) is 0 Å². The zero-order chi connectivity index (χ0) is 29.5. The Morgan fingerprint density at radius 1 is 0.651 bits per heavy atom. The van der Waals surface area contributed by atoms with Crippen molar-refractivity contribution in [3.8, 4) is 34.0 Å². The molecule has 4 heterocycles. The molecule has 4 heteroatoms. The standard InChI is InChI=1S/C39H34N4/c1-38(2,3)27-17-19-34-31(23-27)39(4,5)36-24-41-37(43(34)36)26-16-18-30-29-13-6-7-15-33(29)42(35(30)22-26)28-12-10-11-25(21-28)32-14-8-9-20-40-32/h6-24H,1-5H3. The Morgan fingerprint density at radius 3 is 2.28 bits per heavy atom. The predicted octanol–water partition coefficient (Wildman–Crippen LogP) is 9.64. The lowest BCUT2D eigenvalue weighted by Crippen LogP contribution is -2.17. The third-order valence-corrected chi connectivity index (χ3v) is 9.18. The maximum Gasteiger partial charge on any atom is 0.144 e. The van der Waals surface area contributed by atoms with Crippen LogP contribution in [0.15, 0.2) is 116 Å². The molecule has 3 aromatic heterocycles. The number of pyridine rings is 1. The van der Waals surface area contributed by atoms with E-state index in [4.69, 9.17) is 4.98 Å². The molecule has 0 saturated heterocycles. The largest absolute Gasteiger partial charge is 0.309 e. The summed E-state index contributed by atoms with van der Waals surface area (Å²) in [5.74, 6) is 0.978. The molecule has 0 amide bonds. The smallest absolute Gasteiger partial charge is 0.144 e. The number of fused-ring (bicyclic) bond motifs is 6. The molecule has 43 heavy (non-hydrogen) atoms. The van der Waals surface area contributed by atoms with Gasteiger partial charge in [0.05, 0.1) is 34.3 Å². The number of hydrogen-bond donors (Lipinski definition) is 0. The molecule has 0 aliphatic carbocycles. The van der Waals surface area contributed by atoms with Crippen molar-refractivity contribution in [2.45, 2.75) is 45.4 Å². The van der Waals surface area contributed by atoms with Crippen molar-refractivity contribution in [2.75, 3.05) is 0 Å². The highest BCUT2D eigenvalue weighted by Gasteiger charge is 2.39. The minimum Gasteiger partial charge on any atom is -0.309 e. The second-order valence-electron chi connectivity index (χ2n) is 13.3. The number of nitrogens with zero attached hydrogens (tertiary/aromatic N) is 4. The van der Waals surface area contributed by atoms with E-state index in [1.54, 1.807) is 0 Å². The molecular weight excluding hydrogens is 524 g/mol. The van der Waals surface area contributed by atoms with Gasteiger partial charge in [0.2, 0.25) is 0 Å². The van der Waals surface area contributed by atoms with E-state index in [9.17, 15) is 0 Å². The second kappa shape index (κ2) is 9.02. The Morgan fingerprint density at radius 2 is 1.47 bits per heavy atom. The minimum atomic E-state index is -0.132. The third-order valence-electron chi connectivity index (χ3n) is 9.18. The summed E-state index contributed by atoms with van der Waals surface area (Å²) in [5.41, 5.74) is 11.8. The fourth-order valence-electron chi connectivity index (χ4n) is 6.80. The lowest BCUT2D eigenvalue weighted by molar-refractivity contribution is 0.584. The molecule has 1 aliphatic heterocycles. The second-order valence-corrected chi connectivity index (χ2v) is 13.3. The summed E-state index contributed by atoms with van der Waals surface area (Å²) in [5, 5.41) is 2.47. The first-order chi connectivity index (χ1) is 20.7. The van der Waals surface area contributed by atoms with Gasteiger partial charge in [0.1, 0.15) is 5.82 Å². The van der Waals surface area contributed by atoms with E-state index >= 15 is 0 Å². The summed E-state index contributed by atoms with van der Waals surface area (Å²) >= 11 is 0. The van der Waals surface area contributed by atoms with Gasteiger partial charge in [-0.3, -0.25) is 9.55 Å². The molecule has 1 aliphatic rings. The molecule has 0 fully saturated rings. The molecule has 0 bridgehead atoms. The Hall–Kier alpha value is -4.96. The van der Waals surface area contributed by atoms with Gasteiger partial charge >= 0.3 is 0 Å². The van der Waals surface area contributed by atoms with Crippen LogP contribution in [0.3, 0.4) is 0 Å². The number of rotatable bonds is 3. The van der Waals surface area contributed by atoms with E-state index in [1.807, 2.05) is 18.3 Å². The maximum atomic E-state index is 5.04. The number of benzene rings is 4. The first kappa shape index (κ1) is 25.7. The van der Waals surface area contributed by atoms with Crippen LogP contribution in [0.25, 0.3) is 55.8 Å². The van der Waals surface area contributed by atoms with Crippen LogP contribution in [-0.2, 0) is 10.8 Å². The Kier molecular flexibility index (Phi) is 5.40. The van der Waals surface area contributed by atoms with Crippen molar-refractivity contribution in [1.82, 2.24) is 19.1 Å². The molecule has 8 rings (SSSR count). The first-order valence-corrected chi connectivity index (χ1v) is 15.0. The predicted molar refractivity (Wildman–Crippen MR) is 177 cm³/mol. The average Bonchev–Trinajstić information content (AvgIpc) is 3.66. The summed E-state index contributed by atoms with van der Waals surface area (Å²) in [6, 6.07) is 37.2. The van der Waals surface area contributed by atoms with Crippen LogP contribution >= 0.6 is 0 Å². The lowest BCUT2D eigenvalue weighted by Gasteiger charge is -2.23.